The van der Waals surface area contributed by atoms with Gasteiger partial charge in [-0.15, -0.1) is 0 Å². The quantitative estimate of drug-likeness (QED) is 0.220. The van der Waals surface area contributed by atoms with E-state index in [2.05, 4.69) is 111 Å². The summed E-state index contributed by atoms with van der Waals surface area (Å²) in [6.45, 7) is 24.3. The predicted molar refractivity (Wildman–Crippen MR) is 170 cm³/mol. The zero-order chi connectivity index (χ0) is 29.2. The molecule has 0 bridgehead atoms. The fourth-order valence-corrected chi connectivity index (χ4v) is 21.1. The molecular weight excluding hydrogens is 734 g/mol. The first-order valence-electron chi connectivity index (χ1n) is 13.5. The first kappa shape index (κ1) is 30.5. The fraction of sp³-hybridized carbons (Fsp3) is 0.419. The number of aryl methyl sites for hydroxylation is 1. The van der Waals surface area contributed by atoms with E-state index in [-0.39, 0.29) is 10.1 Å². The van der Waals surface area contributed by atoms with Gasteiger partial charge < -0.3 is 0 Å². The molecule has 210 valence electrons. The van der Waals surface area contributed by atoms with Gasteiger partial charge in [-0.3, -0.25) is 0 Å². The number of hydrogen-bond acceptors (Lipinski definition) is 4. The van der Waals surface area contributed by atoms with Crippen LogP contribution in [-0.4, -0.2) is 46.8 Å². The molecule has 1 heterocycles. The Morgan fingerprint density at radius 1 is 0.641 bits per heavy atom. The fourth-order valence-electron chi connectivity index (χ4n) is 4.04. The van der Waals surface area contributed by atoms with Crippen molar-refractivity contribution in [3.8, 4) is 11.5 Å². The van der Waals surface area contributed by atoms with Gasteiger partial charge >= 0.3 is 248 Å². The SMILES string of the molecule is Cc1cc[c]([Bi]2[c]3cc(O[Si](C)(C)C(C)(C)C)ccc3S(=O)(=O)c3ccc(O[Si](C)(C)C(C)(C)C)c[c]32)cc1. The van der Waals surface area contributed by atoms with Gasteiger partial charge in [0.25, 0.3) is 0 Å². The summed E-state index contributed by atoms with van der Waals surface area (Å²) in [5, 5.41) is 0.0768. The third kappa shape index (κ3) is 5.82. The van der Waals surface area contributed by atoms with Crippen molar-refractivity contribution in [1.82, 2.24) is 0 Å². The van der Waals surface area contributed by atoms with Crippen molar-refractivity contribution in [2.24, 2.45) is 0 Å². The third-order valence-corrected chi connectivity index (χ3v) is 30.2. The van der Waals surface area contributed by atoms with Crippen LogP contribution >= 0.6 is 0 Å². The summed E-state index contributed by atoms with van der Waals surface area (Å²) < 4.78 is 44.5. The molecule has 0 N–H and O–H groups in total. The topological polar surface area (TPSA) is 52.6 Å². The van der Waals surface area contributed by atoms with Crippen molar-refractivity contribution in [1.29, 1.82) is 0 Å². The molecule has 3 aromatic rings. The van der Waals surface area contributed by atoms with Gasteiger partial charge in [-0.2, -0.15) is 0 Å². The van der Waals surface area contributed by atoms with Gasteiger partial charge in [0.1, 0.15) is 0 Å². The Morgan fingerprint density at radius 2 is 1.03 bits per heavy atom. The summed E-state index contributed by atoms with van der Waals surface area (Å²) in [4.78, 5) is 0.878. The molecule has 3 aromatic carbocycles. The van der Waals surface area contributed by atoms with Gasteiger partial charge in [-0.1, -0.05) is 0 Å². The molecule has 1 aliphatic rings. The van der Waals surface area contributed by atoms with Crippen molar-refractivity contribution in [2.75, 3.05) is 0 Å². The minimum absolute atomic E-state index is 0.0384. The Kier molecular flexibility index (Phi) is 7.90. The number of rotatable bonds is 5. The maximum atomic E-state index is 14.0. The standard InChI is InChI=1S/C24H36O4SSi2.C7H7.Bi/c1-23(2,3)30(7,8)27-19-11-15-21(16-12-19)29(25,26)22-17-13-20(14-18-22)28-31(9,10)24(4,5)6;1-7-5-3-2-4-6-7;/h11-15,17H,1-10H3;3-6H,1H3;. The van der Waals surface area contributed by atoms with Crippen LogP contribution in [0.25, 0.3) is 0 Å². The van der Waals surface area contributed by atoms with E-state index >= 15 is 0 Å². The van der Waals surface area contributed by atoms with Crippen molar-refractivity contribution in [2.45, 2.75) is 94.5 Å². The van der Waals surface area contributed by atoms with E-state index in [0.29, 0.717) is 9.79 Å². The van der Waals surface area contributed by atoms with E-state index in [4.69, 9.17) is 8.85 Å². The van der Waals surface area contributed by atoms with Crippen molar-refractivity contribution in [3.05, 3.63) is 66.2 Å². The van der Waals surface area contributed by atoms with Crippen LogP contribution in [0.3, 0.4) is 0 Å². The number of sulfone groups is 1. The first-order valence-corrected chi connectivity index (χ1v) is 26.0. The Bertz CT molecular complexity index is 1410. The van der Waals surface area contributed by atoms with E-state index in [9.17, 15) is 8.42 Å². The van der Waals surface area contributed by atoms with Gasteiger partial charge in [0.05, 0.1) is 0 Å². The molecule has 0 atom stereocenters. The van der Waals surface area contributed by atoms with Crippen molar-refractivity contribution >= 4 is 58.0 Å². The summed E-state index contributed by atoms with van der Waals surface area (Å²) in [5.41, 5.74) is 1.19. The van der Waals surface area contributed by atoms with Crippen LogP contribution in [0.5, 0.6) is 11.5 Å². The summed E-state index contributed by atoms with van der Waals surface area (Å²) in [6, 6.07) is 20.0. The molecule has 4 nitrogen and oxygen atoms in total. The van der Waals surface area contributed by atoms with Crippen molar-refractivity contribution in [3.63, 3.8) is 0 Å². The summed E-state index contributed by atoms with van der Waals surface area (Å²) >= 11 is -3.06. The Morgan fingerprint density at radius 3 is 1.38 bits per heavy atom. The van der Waals surface area contributed by atoms with Gasteiger partial charge in [0, 0.05) is 0 Å². The van der Waals surface area contributed by atoms with Crippen LogP contribution in [0.15, 0.2) is 70.5 Å². The van der Waals surface area contributed by atoms with Crippen LogP contribution in [0.1, 0.15) is 47.1 Å². The molecule has 0 aromatic heterocycles. The molecule has 0 saturated carbocycles. The molecule has 0 fully saturated rings. The zero-order valence-electron chi connectivity index (χ0n) is 25.3. The number of fused-ring (bicyclic) bond motifs is 2. The van der Waals surface area contributed by atoms with Crippen LogP contribution in [0.2, 0.25) is 36.3 Å². The molecular formula is C31H43BiO4SSi2. The van der Waals surface area contributed by atoms with Crippen LogP contribution < -0.4 is 18.7 Å². The second-order valence-corrected chi connectivity index (χ2v) is 33.4. The van der Waals surface area contributed by atoms with Gasteiger partial charge in [-0.25, -0.2) is 0 Å². The van der Waals surface area contributed by atoms with Crippen LogP contribution in [0, 0.1) is 6.92 Å². The van der Waals surface area contributed by atoms with Gasteiger partial charge in [0.2, 0.25) is 0 Å². The first-order chi connectivity index (χ1) is 17.7. The maximum absolute atomic E-state index is 14.0. The van der Waals surface area contributed by atoms with E-state index in [0.717, 1.165) is 18.0 Å². The molecule has 1 aliphatic heterocycles. The molecule has 0 amide bonds. The Hall–Kier alpha value is -1.47. The summed E-state index contributed by atoms with van der Waals surface area (Å²) in [7, 11) is -7.87. The molecule has 0 spiro atoms. The summed E-state index contributed by atoms with van der Waals surface area (Å²) in [5.74, 6) is 1.56. The Balaban J connectivity index is 1.93. The van der Waals surface area contributed by atoms with E-state index < -0.39 is 48.2 Å². The number of hydrogen-bond donors (Lipinski definition) is 0. The predicted octanol–water partition coefficient (Wildman–Crippen LogP) is 6.43. The molecule has 0 saturated heterocycles. The van der Waals surface area contributed by atoms with Crippen LogP contribution in [0.4, 0.5) is 0 Å². The second kappa shape index (κ2) is 10.1. The monoisotopic (exact) mass is 776 g/mol. The molecule has 0 radical (unpaired) electrons. The third-order valence-electron chi connectivity index (χ3n) is 8.57. The molecule has 8 heteroatoms. The average Bonchev–Trinajstić information content (AvgIpc) is 2.78. The summed E-state index contributed by atoms with van der Waals surface area (Å²) in [6.07, 6.45) is 0. The van der Waals surface area contributed by atoms with Gasteiger partial charge in [0.15, 0.2) is 0 Å². The molecule has 0 aliphatic carbocycles. The average molecular weight is 777 g/mol. The van der Waals surface area contributed by atoms with Crippen LogP contribution in [-0.2, 0) is 9.84 Å². The molecule has 0 unspecified atom stereocenters. The minimum atomic E-state index is -3.67. The molecule has 39 heavy (non-hydrogen) atoms. The second-order valence-electron chi connectivity index (χ2n) is 13.7. The number of benzene rings is 3. The van der Waals surface area contributed by atoms with E-state index in [1.807, 2.05) is 12.1 Å². The van der Waals surface area contributed by atoms with Gasteiger partial charge in [-0.05, 0) is 0 Å². The Labute approximate surface area is 246 Å². The van der Waals surface area contributed by atoms with Crippen molar-refractivity contribution < 1.29 is 17.3 Å². The molecule has 4 rings (SSSR count). The normalized spacial score (nSPS) is 15.9. The van der Waals surface area contributed by atoms with E-state index in [1.165, 1.54) is 8.83 Å². The zero-order valence-corrected chi connectivity index (χ0v) is 31.6. The van der Waals surface area contributed by atoms with E-state index in [1.54, 1.807) is 12.1 Å².